The Balaban J connectivity index is 1.32. The fourth-order valence-corrected chi connectivity index (χ4v) is 3.52. The first-order valence-electron chi connectivity index (χ1n) is 9.38. The van der Waals surface area contributed by atoms with Crippen LogP contribution >= 0.6 is 0 Å². The van der Waals surface area contributed by atoms with Gasteiger partial charge in [-0.15, -0.1) is 0 Å². The van der Waals surface area contributed by atoms with E-state index in [4.69, 9.17) is 4.74 Å². The number of carbonyl (C=O) groups is 2. The molecule has 2 aliphatic rings. The molecule has 0 aliphatic carbocycles. The summed E-state index contributed by atoms with van der Waals surface area (Å²) in [6.45, 7) is 1.57. The molecule has 3 amide bonds. The fourth-order valence-electron chi connectivity index (χ4n) is 3.52. The van der Waals surface area contributed by atoms with Gasteiger partial charge in [0, 0.05) is 50.1 Å². The maximum absolute atomic E-state index is 13.5. The summed E-state index contributed by atoms with van der Waals surface area (Å²) < 4.78 is 32.4. The van der Waals surface area contributed by atoms with E-state index in [0.717, 1.165) is 12.1 Å². The smallest absolute Gasteiger partial charge is 0.325 e. The summed E-state index contributed by atoms with van der Waals surface area (Å²) in [5, 5.41) is 0. The third-order valence-electron chi connectivity index (χ3n) is 5.06. The van der Waals surface area contributed by atoms with Crippen LogP contribution in [-0.2, 0) is 4.79 Å². The number of carbonyl (C=O) groups excluding carboxylic acids is 2. The lowest BCUT2D eigenvalue weighted by Gasteiger charge is -2.22. The van der Waals surface area contributed by atoms with Crippen molar-refractivity contribution in [3.63, 3.8) is 0 Å². The molecule has 2 aliphatic heterocycles. The molecule has 9 heteroatoms. The van der Waals surface area contributed by atoms with Crippen molar-refractivity contribution in [1.82, 2.24) is 14.8 Å². The number of benzene rings is 1. The summed E-state index contributed by atoms with van der Waals surface area (Å²) in [6, 6.07) is 8.31. The van der Waals surface area contributed by atoms with Crippen LogP contribution in [0.15, 0.2) is 42.6 Å². The van der Waals surface area contributed by atoms with Crippen molar-refractivity contribution in [1.29, 1.82) is 0 Å². The monoisotopic (exact) mass is 402 g/mol. The van der Waals surface area contributed by atoms with Crippen LogP contribution in [0, 0.1) is 11.6 Å². The van der Waals surface area contributed by atoms with Gasteiger partial charge in [-0.3, -0.25) is 9.69 Å². The van der Waals surface area contributed by atoms with Gasteiger partial charge < -0.3 is 14.5 Å². The first-order chi connectivity index (χ1) is 14.0. The Morgan fingerprint density at radius 3 is 2.76 bits per heavy atom. The van der Waals surface area contributed by atoms with Gasteiger partial charge in [0.2, 0.25) is 11.8 Å². The van der Waals surface area contributed by atoms with Crippen LogP contribution < -0.4 is 9.64 Å². The summed E-state index contributed by atoms with van der Waals surface area (Å²) in [7, 11) is 0. The molecular formula is C20H20F2N4O3. The number of halogens is 2. The number of ether oxygens (including phenoxy) is 1. The Hall–Kier alpha value is -3.23. The number of aromatic nitrogens is 1. The average molecular weight is 402 g/mol. The van der Waals surface area contributed by atoms with Gasteiger partial charge in [0.1, 0.15) is 12.6 Å². The van der Waals surface area contributed by atoms with Crippen molar-refractivity contribution in [3.8, 4) is 5.88 Å². The standard InChI is InChI=1S/C20H20F2N4O3/c21-16-5-4-14(11-17(16)22)26-10-9-25(20(26)28)13-19(27)24-8-6-15(12-24)29-18-3-1-2-7-23-18/h1-5,7,11,15H,6,8-10,12-13H2. The van der Waals surface area contributed by atoms with Gasteiger partial charge >= 0.3 is 6.03 Å². The van der Waals surface area contributed by atoms with Crippen LogP contribution in [0.5, 0.6) is 5.88 Å². The maximum Gasteiger partial charge on any atom is 0.325 e. The molecule has 152 valence electrons. The number of nitrogens with zero attached hydrogens (tertiary/aromatic N) is 4. The largest absolute Gasteiger partial charge is 0.472 e. The lowest BCUT2D eigenvalue weighted by atomic mass is 10.3. The lowest BCUT2D eigenvalue weighted by Crippen LogP contribution is -2.42. The van der Waals surface area contributed by atoms with Gasteiger partial charge in [-0.2, -0.15) is 0 Å². The van der Waals surface area contributed by atoms with Gasteiger partial charge in [-0.25, -0.2) is 18.6 Å². The molecule has 2 saturated heterocycles. The second-order valence-electron chi connectivity index (χ2n) is 6.99. The first kappa shape index (κ1) is 19.1. The zero-order chi connectivity index (χ0) is 20.4. The van der Waals surface area contributed by atoms with Crippen molar-refractivity contribution < 1.29 is 23.1 Å². The Morgan fingerprint density at radius 2 is 2.00 bits per heavy atom. The van der Waals surface area contributed by atoms with E-state index in [2.05, 4.69) is 4.98 Å². The van der Waals surface area contributed by atoms with Crippen LogP contribution in [0.4, 0.5) is 19.3 Å². The minimum atomic E-state index is -1.01. The average Bonchev–Trinajstić information content (AvgIpc) is 3.32. The number of pyridine rings is 1. The second-order valence-corrected chi connectivity index (χ2v) is 6.99. The number of hydrogen-bond donors (Lipinski definition) is 0. The van der Waals surface area contributed by atoms with Crippen LogP contribution in [0.25, 0.3) is 0 Å². The highest BCUT2D eigenvalue weighted by molar-refractivity contribution is 5.96. The Bertz CT molecular complexity index is 912. The maximum atomic E-state index is 13.5. The number of anilines is 1. The molecule has 0 saturated carbocycles. The van der Waals surface area contributed by atoms with Crippen LogP contribution in [0.2, 0.25) is 0 Å². The van der Waals surface area contributed by atoms with E-state index in [-0.39, 0.29) is 24.2 Å². The number of rotatable bonds is 5. The molecule has 4 rings (SSSR count). The van der Waals surface area contributed by atoms with E-state index < -0.39 is 17.7 Å². The summed E-state index contributed by atoms with van der Waals surface area (Å²) in [4.78, 5) is 33.8. The van der Waals surface area contributed by atoms with Gasteiger partial charge in [0.05, 0.1) is 6.54 Å². The molecule has 0 spiro atoms. The topological polar surface area (TPSA) is 66.0 Å². The molecular weight excluding hydrogens is 382 g/mol. The normalized spacial score (nSPS) is 19.2. The minimum Gasteiger partial charge on any atom is -0.472 e. The van der Waals surface area contributed by atoms with Crippen LogP contribution in [-0.4, -0.2) is 65.5 Å². The van der Waals surface area contributed by atoms with Crippen molar-refractivity contribution in [2.24, 2.45) is 0 Å². The highest BCUT2D eigenvalue weighted by Gasteiger charge is 2.34. The molecule has 1 aromatic carbocycles. The second kappa shape index (κ2) is 8.02. The SMILES string of the molecule is O=C(CN1CCN(c2ccc(F)c(F)c2)C1=O)N1CCC(Oc2ccccn2)C1. The number of urea groups is 1. The molecule has 2 fully saturated rings. The molecule has 0 bridgehead atoms. The lowest BCUT2D eigenvalue weighted by molar-refractivity contribution is -0.130. The summed E-state index contributed by atoms with van der Waals surface area (Å²) in [5.41, 5.74) is 0.272. The highest BCUT2D eigenvalue weighted by atomic mass is 19.2. The predicted octanol–water partition coefficient (Wildman–Crippen LogP) is 2.28. The Kier molecular flexibility index (Phi) is 5.28. The first-order valence-corrected chi connectivity index (χ1v) is 9.38. The van der Waals surface area contributed by atoms with Crippen LogP contribution in [0.1, 0.15) is 6.42 Å². The quantitative estimate of drug-likeness (QED) is 0.770. The minimum absolute atomic E-state index is 0.0602. The molecule has 2 aromatic rings. The molecule has 1 aromatic heterocycles. The van der Waals surface area contributed by atoms with E-state index in [1.54, 1.807) is 23.2 Å². The van der Waals surface area contributed by atoms with Crippen molar-refractivity contribution >= 4 is 17.6 Å². The molecule has 3 heterocycles. The van der Waals surface area contributed by atoms with Gasteiger partial charge in [0.25, 0.3) is 0 Å². The Labute approximate surface area is 166 Å². The molecule has 1 unspecified atom stereocenters. The van der Waals surface area contributed by atoms with Gasteiger partial charge in [-0.05, 0) is 18.2 Å². The molecule has 1 atom stereocenters. The Morgan fingerprint density at radius 1 is 1.14 bits per heavy atom. The highest BCUT2D eigenvalue weighted by Crippen LogP contribution is 2.23. The van der Waals surface area contributed by atoms with Gasteiger partial charge in [0.15, 0.2) is 11.6 Å². The number of amides is 3. The molecule has 7 nitrogen and oxygen atoms in total. The summed E-state index contributed by atoms with van der Waals surface area (Å²) in [5.74, 6) is -1.63. The van der Waals surface area contributed by atoms with Crippen molar-refractivity contribution in [3.05, 3.63) is 54.2 Å². The molecule has 0 radical (unpaired) electrons. The predicted molar refractivity (Wildman–Crippen MR) is 101 cm³/mol. The zero-order valence-electron chi connectivity index (χ0n) is 15.6. The van der Waals surface area contributed by atoms with E-state index in [0.29, 0.717) is 38.5 Å². The summed E-state index contributed by atoms with van der Waals surface area (Å²) in [6.07, 6.45) is 2.20. The van der Waals surface area contributed by atoms with E-state index in [9.17, 15) is 18.4 Å². The number of hydrogen-bond acceptors (Lipinski definition) is 4. The molecule has 0 N–H and O–H groups in total. The number of likely N-dealkylation sites (tertiary alicyclic amines) is 1. The van der Waals surface area contributed by atoms with E-state index in [1.165, 1.54) is 15.9 Å². The van der Waals surface area contributed by atoms with E-state index >= 15 is 0 Å². The zero-order valence-corrected chi connectivity index (χ0v) is 15.6. The third kappa shape index (κ3) is 4.13. The van der Waals surface area contributed by atoms with Crippen molar-refractivity contribution in [2.45, 2.75) is 12.5 Å². The van der Waals surface area contributed by atoms with Crippen LogP contribution in [0.3, 0.4) is 0 Å². The fraction of sp³-hybridized carbons (Fsp3) is 0.350. The van der Waals surface area contributed by atoms with Gasteiger partial charge in [-0.1, -0.05) is 6.07 Å². The molecule has 29 heavy (non-hydrogen) atoms. The summed E-state index contributed by atoms with van der Waals surface area (Å²) >= 11 is 0. The van der Waals surface area contributed by atoms with Crippen molar-refractivity contribution in [2.75, 3.05) is 37.6 Å². The third-order valence-corrected chi connectivity index (χ3v) is 5.06. The van der Waals surface area contributed by atoms with E-state index in [1.807, 2.05) is 6.07 Å².